The molecule has 1 aromatic carbocycles. The third-order valence-corrected chi connectivity index (χ3v) is 2.36. The Morgan fingerprint density at radius 1 is 1.29 bits per heavy atom. The number of nitrogen functional groups attached to an aromatic ring is 1. The summed E-state index contributed by atoms with van der Waals surface area (Å²) in [4.78, 5) is 4.37. The number of aryl methyl sites for hydroxylation is 1. The molecule has 0 bridgehead atoms. The van der Waals surface area contributed by atoms with Gasteiger partial charge in [0.05, 0.1) is 5.52 Å². The van der Waals surface area contributed by atoms with Crippen LogP contribution in [0.5, 0.6) is 0 Å². The molecule has 0 radical (unpaired) electrons. The van der Waals surface area contributed by atoms with Gasteiger partial charge in [0.2, 0.25) is 0 Å². The summed E-state index contributed by atoms with van der Waals surface area (Å²) in [5.74, 6) is 0.672. The monoisotopic (exact) mass is 186 g/mol. The Hall–Kier alpha value is -1.57. The molecule has 0 aliphatic heterocycles. The van der Waals surface area contributed by atoms with E-state index in [0.29, 0.717) is 5.82 Å². The van der Waals surface area contributed by atoms with E-state index in [1.807, 2.05) is 18.2 Å². The predicted molar refractivity (Wildman–Crippen MR) is 60.2 cm³/mol. The summed E-state index contributed by atoms with van der Waals surface area (Å²) in [5.41, 5.74) is 8.00. The third kappa shape index (κ3) is 1.55. The smallest absolute Gasteiger partial charge is 0.127 e. The molecule has 0 amide bonds. The van der Waals surface area contributed by atoms with Crippen LogP contribution < -0.4 is 5.73 Å². The molecule has 0 aliphatic carbocycles. The lowest BCUT2D eigenvalue weighted by Gasteiger charge is -2.05. The van der Waals surface area contributed by atoms with Crippen LogP contribution in [0.4, 0.5) is 5.82 Å². The Labute approximate surface area is 83.8 Å². The fraction of sp³-hybridized carbons (Fsp3) is 0.250. The Kier molecular flexibility index (Phi) is 2.35. The van der Waals surface area contributed by atoms with Crippen molar-refractivity contribution >= 4 is 16.7 Å². The van der Waals surface area contributed by atoms with Crippen molar-refractivity contribution in [3.63, 3.8) is 0 Å². The van der Waals surface area contributed by atoms with Crippen LogP contribution in [-0.4, -0.2) is 4.98 Å². The van der Waals surface area contributed by atoms with Crippen LogP contribution in [-0.2, 0) is 6.42 Å². The molecule has 0 fully saturated rings. The van der Waals surface area contributed by atoms with Crippen LogP contribution in [0.25, 0.3) is 10.9 Å². The number of para-hydroxylation sites is 1. The molecule has 2 heteroatoms. The zero-order valence-electron chi connectivity index (χ0n) is 8.33. The van der Waals surface area contributed by atoms with E-state index in [0.717, 1.165) is 23.9 Å². The molecule has 0 spiro atoms. The normalized spacial score (nSPS) is 10.6. The maximum Gasteiger partial charge on any atom is 0.127 e. The molecule has 2 aromatic rings. The van der Waals surface area contributed by atoms with Crippen molar-refractivity contribution in [1.82, 2.24) is 4.98 Å². The molecule has 0 saturated carbocycles. The van der Waals surface area contributed by atoms with Gasteiger partial charge in [-0.1, -0.05) is 31.5 Å². The summed E-state index contributed by atoms with van der Waals surface area (Å²) in [5, 5.41) is 1.17. The Balaban J connectivity index is 2.59. The number of hydrogen-bond donors (Lipinski definition) is 1. The van der Waals surface area contributed by atoms with Gasteiger partial charge < -0.3 is 5.73 Å². The topological polar surface area (TPSA) is 38.9 Å². The van der Waals surface area contributed by atoms with Gasteiger partial charge in [-0.15, -0.1) is 0 Å². The zero-order chi connectivity index (χ0) is 9.97. The van der Waals surface area contributed by atoms with Gasteiger partial charge in [-0.2, -0.15) is 0 Å². The van der Waals surface area contributed by atoms with E-state index >= 15 is 0 Å². The summed E-state index contributed by atoms with van der Waals surface area (Å²) >= 11 is 0. The second kappa shape index (κ2) is 3.66. The van der Waals surface area contributed by atoms with Crippen molar-refractivity contribution in [3.8, 4) is 0 Å². The number of anilines is 1. The first kappa shape index (κ1) is 9.00. The number of nitrogens with two attached hydrogens (primary N) is 1. The average Bonchev–Trinajstić information content (AvgIpc) is 2.19. The molecule has 0 atom stereocenters. The van der Waals surface area contributed by atoms with Gasteiger partial charge >= 0.3 is 0 Å². The number of pyridine rings is 1. The molecule has 2 rings (SSSR count). The molecule has 0 aliphatic rings. The molecule has 1 aromatic heterocycles. The number of hydrogen-bond acceptors (Lipinski definition) is 2. The van der Waals surface area contributed by atoms with Crippen molar-refractivity contribution < 1.29 is 0 Å². The Bertz CT molecular complexity index is 449. The minimum atomic E-state index is 0.672. The fourth-order valence-corrected chi connectivity index (χ4v) is 1.64. The van der Waals surface area contributed by atoms with Gasteiger partial charge in [-0.05, 0) is 24.1 Å². The second-order valence-corrected chi connectivity index (χ2v) is 3.48. The van der Waals surface area contributed by atoms with E-state index < -0.39 is 0 Å². The van der Waals surface area contributed by atoms with E-state index in [1.165, 1.54) is 5.39 Å². The Morgan fingerprint density at radius 2 is 2.07 bits per heavy atom. The maximum atomic E-state index is 5.86. The van der Waals surface area contributed by atoms with Gasteiger partial charge in [-0.3, -0.25) is 0 Å². The molecular formula is C12H14N2. The summed E-state index contributed by atoms with van der Waals surface area (Å²) in [7, 11) is 0. The van der Waals surface area contributed by atoms with Gasteiger partial charge in [-0.25, -0.2) is 4.98 Å². The Morgan fingerprint density at radius 3 is 2.86 bits per heavy atom. The van der Waals surface area contributed by atoms with Crippen LogP contribution in [0.3, 0.4) is 0 Å². The quantitative estimate of drug-likeness (QED) is 0.783. The summed E-state index contributed by atoms with van der Waals surface area (Å²) in [6, 6.07) is 10.2. The SMILES string of the molecule is CCCc1cc2ccccc2nc1N. The molecule has 2 N–H and O–H groups in total. The minimum Gasteiger partial charge on any atom is -0.383 e. The number of aromatic nitrogens is 1. The van der Waals surface area contributed by atoms with Crippen molar-refractivity contribution in [2.45, 2.75) is 19.8 Å². The lowest BCUT2D eigenvalue weighted by Crippen LogP contribution is -1.97. The van der Waals surface area contributed by atoms with Gasteiger partial charge in [0, 0.05) is 5.39 Å². The third-order valence-electron chi connectivity index (χ3n) is 2.36. The second-order valence-electron chi connectivity index (χ2n) is 3.48. The molecule has 0 unspecified atom stereocenters. The van der Waals surface area contributed by atoms with Crippen molar-refractivity contribution in [2.75, 3.05) is 5.73 Å². The summed E-state index contributed by atoms with van der Waals surface area (Å²) in [6.07, 6.45) is 2.11. The van der Waals surface area contributed by atoms with Gasteiger partial charge in [0.15, 0.2) is 0 Å². The number of benzene rings is 1. The molecular weight excluding hydrogens is 172 g/mol. The average molecular weight is 186 g/mol. The first-order chi connectivity index (χ1) is 6.81. The highest BCUT2D eigenvalue weighted by Crippen LogP contribution is 2.19. The molecule has 14 heavy (non-hydrogen) atoms. The van der Waals surface area contributed by atoms with Crippen LogP contribution in [0, 0.1) is 0 Å². The predicted octanol–water partition coefficient (Wildman–Crippen LogP) is 2.77. The molecule has 0 saturated heterocycles. The largest absolute Gasteiger partial charge is 0.383 e. The van der Waals surface area contributed by atoms with Crippen molar-refractivity contribution in [1.29, 1.82) is 0 Å². The summed E-state index contributed by atoms with van der Waals surface area (Å²) < 4.78 is 0. The zero-order valence-corrected chi connectivity index (χ0v) is 8.33. The number of rotatable bonds is 2. The maximum absolute atomic E-state index is 5.86. The fourth-order valence-electron chi connectivity index (χ4n) is 1.64. The van der Waals surface area contributed by atoms with E-state index in [4.69, 9.17) is 5.73 Å². The first-order valence-electron chi connectivity index (χ1n) is 4.95. The number of nitrogens with zero attached hydrogens (tertiary/aromatic N) is 1. The van der Waals surface area contributed by atoms with Gasteiger partial charge in [0.25, 0.3) is 0 Å². The van der Waals surface area contributed by atoms with Crippen molar-refractivity contribution in [3.05, 3.63) is 35.9 Å². The van der Waals surface area contributed by atoms with Crippen LogP contribution in [0.15, 0.2) is 30.3 Å². The van der Waals surface area contributed by atoms with Crippen LogP contribution >= 0.6 is 0 Å². The summed E-state index contributed by atoms with van der Waals surface area (Å²) in [6.45, 7) is 2.15. The molecule has 2 nitrogen and oxygen atoms in total. The highest BCUT2D eigenvalue weighted by Gasteiger charge is 2.01. The first-order valence-corrected chi connectivity index (χ1v) is 4.95. The highest BCUT2D eigenvalue weighted by atomic mass is 14.8. The van der Waals surface area contributed by atoms with Crippen LogP contribution in [0.2, 0.25) is 0 Å². The van der Waals surface area contributed by atoms with E-state index in [2.05, 4.69) is 24.0 Å². The lowest BCUT2D eigenvalue weighted by molar-refractivity contribution is 0.921. The minimum absolute atomic E-state index is 0.672. The number of fused-ring (bicyclic) bond motifs is 1. The van der Waals surface area contributed by atoms with E-state index in [1.54, 1.807) is 0 Å². The lowest BCUT2D eigenvalue weighted by atomic mass is 10.1. The van der Waals surface area contributed by atoms with Gasteiger partial charge in [0.1, 0.15) is 5.82 Å². The molecule has 1 heterocycles. The van der Waals surface area contributed by atoms with Crippen LogP contribution in [0.1, 0.15) is 18.9 Å². The highest BCUT2D eigenvalue weighted by molar-refractivity contribution is 5.81. The standard InChI is InChI=1S/C12H14N2/c1-2-5-10-8-9-6-3-4-7-11(9)14-12(10)13/h3-4,6-8H,2,5H2,1H3,(H2,13,14). The van der Waals surface area contributed by atoms with E-state index in [-0.39, 0.29) is 0 Å². The van der Waals surface area contributed by atoms with E-state index in [9.17, 15) is 0 Å². The van der Waals surface area contributed by atoms with Crippen molar-refractivity contribution in [2.24, 2.45) is 0 Å². The molecule has 72 valence electrons.